The van der Waals surface area contributed by atoms with Crippen molar-refractivity contribution >= 4 is 29.1 Å². The Morgan fingerprint density at radius 2 is 1.92 bits per heavy atom. The van der Waals surface area contributed by atoms with Crippen molar-refractivity contribution in [2.45, 2.75) is 46.8 Å². The Bertz CT molecular complexity index is 710. The number of benzene rings is 1. The first-order valence-electron chi connectivity index (χ1n) is 8.04. The molecule has 0 saturated carbocycles. The zero-order chi connectivity index (χ0) is 17.9. The average molecular weight is 368 g/mol. The van der Waals surface area contributed by atoms with Crippen LogP contribution in [0.1, 0.15) is 39.1 Å². The number of amides is 1. The Morgan fingerprint density at radius 1 is 1.21 bits per heavy atom. The molecule has 0 aliphatic rings. The van der Waals surface area contributed by atoms with Crippen molar-refractivity contribution in [2.75, 3.05) is 0 Å². The van der Waals surface area contributed by atoms with Crippen LogP contribution in [0.4, 0.5) is 0 Å². The lowest BCUT2D eigenvalue weighted by Crippen LogP contribution is -2.39. The van der Waals surface area contributed by atoms with E-state index in [-0.39, 0.29) is 17.9 Å². The maximum Gasteiger partial charge on any atom is 0.225 e. The molecule has 0 spiro atoms. The van der Waals surface area contributed by atoms with Crippen LogP contribution in [0.15, 0.2) is 30.6 Å². The first kappa shape index (κ1) is 18.8. The first-order chi connectivity index (χ1) is 11.3. The summed E-state index contributed by atoms with van der Waals surface area (Å²) in [5.74, 6) is 0.948. The topological polar surface area (TPSA) is 38.1 Å². The number of halogens is 2. The first-order valence-corrected chi connectivity index (χ1v) is 8.79. The second-order valence-corrected chi connectivity index (χ2v) is 7.25. The summed E-state index contributed by atoms with van der Waals surface area (Å²) in [5, 5.41) is 1.08. The van der Waals surface area contributed by atoms with E-state index >= 15 is 0 Å². The van der Waals surface area contributed by atoms with Gasteiger partial charge in [0.25, 0.3) is 0 Å². The lowest BCUT2D eigenvalue weighted by atomic mass is 10.1. The monoisotopic (exact) mass is 367 g/mol. The Balaban J connectivity index is 2.19. The molecule has 24 heavy (non-hydrogen) atoms. The van der Waals surface area contributed by atoms with Crippen LogP contribution < -0.4 is 0 Å². The minimum atomic E-state index is -0.0362. The highest BCUT2D eigenvalue weighted by atomic mass is 35.5. The van der Waals surface area contributed by atoms with Crippen molar-refractivity contribution in [3.05, 3.63) is 52.0 Å². The van der Waals surface area contributed by atoms with Crippen LogP contribution in [0.25, 0.3) is 0 Å². The quantitative estimate of drug-likeness (QED) is 0.746. The zero-order valence-electron chi connectivity index (χ0n) is 14.5. The number of hydrogen-bond donors (Lipinski definition) is 0. The molecule has 6 heteroatoms. The molecule has 130 valence electrons. The summed E-state index contributed by atoms with van der Waals surface area (Å²) in [6.07, 6.45) is 3.67. The molecule has 0 aliphatic heterocycles. The Labute approximate surface area is 153 Å². The summed E-state index contributed by atoms with van der Waals surface area (Å²) >= 11 is 12.1. The van der Waals surface area contributed by atoms with Crippen molar-refractivity contribution in [1.82, 2.24) is 14.5 Å². The van der Waals surface area contributed by atoms with Crippen LogP contribution in [-0.2, 0) is 17.9 Å². The van der Waals surface area contributed by atoms with E-state index in [1.165, 1.54) is 0 Å². The molecule has 1 heterocycles. The van der Waals surface area contributed by atoms with Crippen molar-refractivity contribution in [3.63, 3.8) is 0 Å². The van der Waals surface area contributed by atoms with Gasteiger partial charge < -0.3 is 9.47 Å². The lowest BCUT2D eigenvalue weighted by molar-refractivity contribution is -0.137. The fourth-order valence-corrected chi connectivity index (χ4v) is 2.79. The molecule has 0 radical (unpaired) electrons. The van der Waals surface area contributed by atoms with Crippen LogP contribution in [0.2, 0.25) is 10.0 Å². The van der Waals surface area contributed by atoms with E-state index in [0.717, 1.165) is 11.4 Å². The average Bonchev–Trinajstić information content (AvgIpc) is 2.94. The van der Waals surface area contributed by atoms with E-state index in [2.05, 4.69) is 4.98 Å². The molecule has 4 nitrogen and oxygen atoms in total. The summed E-state index contributed by atoms with van der Waals surface area (Å²) in [6.45, 7) is 9.00. The van der Waals surface area contributed by atoms with Crippen LogP contribution in [-0.4, -0.2) is 26.4 Å². The molecule has 0 unspecified atom stereocenters. The zero-order valence-corrected chi connectivity index (χ0v) is 16.0. The number of rotatable bonds is 6. The van der Waals surface area contributed by atoms with E-state index in [0.29, 0.717) is 23.1 Å². The molecular formula is C18H23Cl2N3O. The molecule has 0 bridgehead atoms. The fourth-order valence-electron chi connectivity index (χ4n) is 2.47. The van der Waals surface area contributed by atoms with Crippen LogP contribution >= 0.6 is 23.2 Å². The lowest BCUT2D eigenvalue weighted by Gasteiger charge is -2.28. The van der Waals surface area contributed by atoms with Gasteiger partial charge >= 0.3 is 0 Å². The highest BCUT2D eigenvalue weighted by Gasteiger charge is 2.21. The van der Waals surface area contributed by atoms with E-state index in [4.69, 9.17) is 23.2 Å². The van der Waals surface area contributed by atoms with Crippen molar-refractivity contribution < 1.29 is 4.79 Å². The third kappa shape index (κ3) is 4.52. The molecule has 0 saturated heterocycles. The van der Waals surface area contributed by atoms with Crippen molar-refractivity contribution in [3.8, 4) is 0 Å². The fraction of sp³-hybridized carbons (Fsp3) is 0.444. The summed E-state index contributed by atoms with van der Waals surface area (Å²) in [6, 6.07) is 5.71. The van der Waals surface area contributed by atoms with E-state index < -0.39 is 0 Å². The van der Waals surface area contributed by atoms with Gasteiger partial charge in [0.15, 0.2) is 0 Å². The molecule has 0 fully saturated rings. The maximum atomic E-state index is 12.4. The maximum absolute atomic E-state index is 12.4. The van der Waals surface area contributed by atoms with Gasteiger partial charge in [0, 0.05) is 30.9 Å². The van der Waals surface area contributed by atoms with Gasteiger partial charge in [0.05, 0.1) is 16.6 Å². The second-order valence-electron chi connectivity index (χ2n) is 6.43. The minimum absolute atomic E-state index is 0.0362. The van der Waals surface area contributed by atoms with Gasteiger partial charge in [-0.15, -0.1) is 0 Å². The summed E-state index contributed by atoms with van der Waals surface area (Å²) < 4.78 is 2.03. The molecule has 1 amide bonds. The van der Waals surface area contributed by atoms with Crippen LogP contribution in [0.5, 0.6) is 0 Å². The minimum Gasteiger partial charge on any atom is -0.333 e. The van der Waals surface area contributed by atoms with Gasteiger partial charge in [0.1, 0.15) is 5.82 Å². The third-order valence-corrected chi connectivity index (χ3v) is 4.59. The molecule has 2 rings (SSSR count). The molecule has 0 N–H and O–H groups in total. The Kier molecular flexibility index (Phi) is 6.30. The highest BCUT2D eigenvalue weighted by Crippen LogP contribution is 2.23. The summed E-state index contributed by atoms with van der Waals surface area (Å²) in [4.78, 5) is 18.7. The van der Waals surface area contributed by atoms with Crippen LogP contribution in [0, 0.1) is 5.92 Å². The normalized spacial score (nSPS) is 11.3. The number of carbonyl (C=O) groups excluding carboxylic acids is 1. The standard InChI is InChI=1S/C18H23Cl2N3O/c1-12(2)18(24)23(13(3)4)11-17-21-7-8-22(17)10-14-5-6-15(19)16(20)9-14/h5-9,12-13H,10-11H2,1-4H3. The third-order valence-electron chi connectivity index (χ3n) is 3.85. The Hall–Kier alpha value is -1.52. The Morgan fingerprint density at radius 3 is 2.50 bits per heavy atom. The van der Waals surface area contributed by atoms with Gasteiger partial charge in [-0.25, -0.2) is 4.98 Å². The molecule has 1 aromatic heterocycles. The molecular weight excluding hydrogens is 345 g/mol. The predicted molar refractivity (Wildman–Crippen MR) is 98.3 cm³/mol. The molecule has 0 atom stereocenters. The number of nitrogens with zero attached hydrogens (tertiary/aromatic N) is 3. The van der Waals surface area contributed by atoms with E-state index in [1.807, 2.05) is 55.5 Å². The van der Waals surface area contributed by atoms with E-state index in [9.17, 15) is 4.79 Å². The molecule has 0 aliphatic carbocycles. The predicted octanol–water partition coefficient (Wildman–Crippen LogP) is 4.63. The number of hydrogen-bond acceptors (Lipinski definition) is 2. The van der Waals surface area contributed by atoms with Crippen molar-refractivity contribution in [1.29, 1.82) is 0 Å². The number of carbonyl (C=O) groups is 1. The second kappa shape index (κ2) is 8.04. The number of imidazole rings is 1. The SMILES string of the molecule is CC(C)C(=O)N(Cc1nccn1Cc1ccc(Cl)c(Cl)c1)C(C)C. The smallest absolute Gasteiger partial charge is 0.225 e. The van der Waals surface area contributed by atoms with Gasteiger partial charge in [-0.2, -0.15) is 0 Å². The number of aromatic nitrogens is 2. The van der Waals surface area contributed by atoms with E-state index in [1.54, 1.807) is 12.3 Å². The van der Waals surface area contributed by atoms with Gasteiger partial charge in [-0.05, 0) is 31.5 Å². The largest absolute Gasteiger partial charge is 0.333 e. The highest BCUT2D eigenvalue weighted by molar-refractivity contribution is 6.42. The molecule has 2 aromatic rings. The van der Waals surface area contributed by atoms with Gasteiger partial charge in [0.2, 0.25) is 5.91 Å². The summed E-state index contributed by atoms with van der Waals surface area (Å²) in [5.41, 5.74) is 1.04. The van der Waals surface area contributed by atoms with Gasteiger partial charge in [-0.3, -0.25) is 4.79 Å². The molecule has 1 aromatic carbocycles. The summed E-state index contributed by atoms with van der Waals surface area (Å²) in [7, 11) is 0. The van der Waals surface area contributed by atoms with Crippen LogP contribution in [0.3, 0.4) is 0 Å². The van der Waals surface area contributed by atoms with Gasteiger partial charge in [-0.1, -0.05) is 43.1 Å². The van der Waals surface area contributed by atoms with Crippen molar-refractivity contribution in [2.24, 2.45) is 5.92 Å².